The number of benzene rings is 1. The van der Waals surface area contributed by atoms with Crippen LogP contribution in [0.25, 0.3) is 0 Å². The summed E-state index contributed by atoms with van der Waals surface area (Å²) in [6.07, 6.45) is 1.53. The highest BCUT2D eigenvalue weighted by Crippen LogP contribution is 2.33. The van der Waals surface area contributed by atoms with Gasteiger partial charge >= 0.3 is 0 Å². The lowest BCUT2D eigenvalue weighted by molar-refractivity contribution is 1.02. The minimum absolute atomic E-state index is 0.589. The number of aryl methyl sites for hydroxylation is 1. The van der Waals surface area contributed by atoms with Gasteiger partial charge < -0.3 is 5.73 Å². The van der Waals surface area contributed by atoms with Gasteiger partial charge in [0.25, 0.3) is 0 Å². The van der Waals surface area contributed by atoms with Gasteiger partial charge in [-0.2, -0.15) is 0 Å². The second kappa shape index (κ2) is 5.78. The number of hydrogen-bond acceptors (Lipinski definition) is 3. The third-order valence-electron chi connectivity index (χ3n) is 2.57. The third-order valence-corrected chi connectivity index (χ3v) is 4.63. The number of nitrogens with zero attached hydrogens (tertiary/aromatic N) is 1. The zero-order chi connectivity index (χ0) is 13.3. The molecular weight excluding hydrogens is 355 g/mol. The number of nitrogens with two attached hydrogens (primary N) is 1. The van der Waals surface area contributed by atoms with Crippen molar-refractivity contribution in [3.05, 3.63) is 42.8 Å². The minimum atomic E-state index is 0.589. The first-order chi connectivity index (χ1) is 8.51. The van der Waals surface area contributed by atoms with Gasteiger partial charge in [0.15, 0.2) is 5.13 Å². The molecule has 2 N–H and O–H groups in total. The van der Waals surface area contributed by atoms with Gasteiger partial charge in [-0.05, 0) is 24.1 Å². The molecule has 2 nitrogen and oxygen atoms in total. The lowest BCUT2D eigenvalue weighted by atomic mass is 10.1. The fourth-order valence-electron chi connectivity index (χ4n) is 1.72. The van der Waals surface area contributed by atoms with Crippen LogP contribution in [0.1, 0.15) is 23.1 Å². The molecule has 1 aromatic heterocycles. The molecule has 0 spiro atoms. The molecule has 0 saturated heterocycles. The van der Waals surface area contributed by atoms with Crippen LogP contribution in [0.3, 0.4) is 0 Å². The van der Waals surface area contributed by atoms with Crippen LogP contribution in [0.2, 0.25) is 10.0 Å². The Balaban J connectivity index is 2.39. The summed E-state index contributed by atoms with van der Waals surface area (Å²) >= 11 is 17.3. The number of anilines is 1. The van der Waals surface area contributed by atoms with Gasteiger partial charge in [-0.1, -0.05) is 46.1 Å². The van der Waals surface area contributed by atoms with Crippen LogP contribution in [0, 0.1) is 0 Å². The van der Waals surface area contributed by atoms with Crippen molar-refractivity contribution < 1.29 is 0 Å². The standard InChI is InChI=1S/C12H11BrCl2N2S/c1-2-10-11(18-12(16)17-10)5-7-8(14)3-6(13)4-9(7)15/h3-4H,2,5H2,1H3,(H2,16,17). The van der Waals surface area contributed by atoms with E-state index in [9.17, 15) is 0 Å². The monoisotopic (exact) mass is 364 g/mol. The first-order valence-electron chi connectivity index (χ1n) is 5.38. The largest absolute Gasteiger partial charge is 0.375 e. The number of thiazole rings is 1. The summed E-state index contributed by atoms with van der Waals surface area (Å²) in [6, 6.07) is 3.69. The van der Waals surface area contributed by atoms with Crippen molar-refractivity contribution in [3.8, 4) is 0 Å². The molecule has 0 aliphatic heterocycles. The predicted molar refractivity (Wildman–Crippen MR) is 82.9 cm³/mol. The van der Waals surface area contributed by atoms with Gasteiger partial charge in [0.2, 0.25) is 0 Å². The summed E-state index contributed by atoms with van der Waals surface area (Å²) in [5.74, 6) is 0. The number of aromatic nitrogens is 1. The van der Waals surface area contributed by atoms with E-state index >= 15 is 0 Å². The maximum Gasteiger partial charge on any atom is 0.180 e. The Morgan fingerprint density at radius 1 is 1.33 bits per heavy atom. The van der Waals surface area contributed by atoms with Crippen LogP contribution < -0.4 is 5.73 Å². The molecule has 18 heavy (non-hydrogen) atoms. The zero-order valence-electron chi connectivity index (χ0n) is 9.64. The van der Waals surface area contributed by atoms with E-state index < -0.39 is 0 Å². The first-order valence-corrected chi connectivity index (χ1v) is 7.75. The van der Waals surface area contributed by atoms with Crippen LogP contribution in [0.15, 0.2) is 16.6 Å². The predicted octanol–water partition coefficient (Wildman–Crippen LogP) is 4.95. The van der Waals surface area contributed by atoms with Crippen LogP contribution in [0.4, 0.5) is 5.13 Å². The number of rotatable bonds is 3. The summed E-state index contributed by atoms with van der Waals surface area (Å²) in [5.41, 5.74) is 7.68. The topological polar surface area (TPSA) is 38.9 Å². The molecule has 0 aliphatic rings. The van der Waals surface area contributed by atoms with E-state index in [-0.39, 0.29) is 0 Å². The first kappa shape index (κ1) is 14.1. The van der Waals surface area contributed by atoms with Gasteiger partial charge in [-0.3, -0.25) is 0 Å². The van der Waals surface area contributed by atoms with Crippen LogP contribution in [-0.4, -0.2) is 4.98 Å². The molecular formula is C12H11BrCl2N2S. The molecule has 0 aliphatic carbocycles. The Morgan fingerprint density at radius 2 is 1.94 bits per heavy atom. The van der Waals surface area contributed by atoms with Crippen molar-refractivity contribution in [2.24, 2.45) is 0 Å². The Morgan fingerprint density at radius 3 is 2.50 bits per heavy atom. The van der Waals surface area contributed by atoms with Crippen LogP contribution in [-0.2, 0) is 12.8 Å². The Labute approximate surface area is 128 Å². The number of nitrogen functional groups attached to an aromatic ring is 1. The molecule has 2 aromatic rings. The normalized spacial score (nSPS) is 10.9. The molecule has 96 valence electrons. The van der Waals surface area contributed by atoms with E-state index in [1.807, 2.05) is 12.1 Å². The quantitative estimate of drug-likeness (QED) is 0.835. The van der Waals surface area contributed by atoms with E-state index in [1.54, 1.807) is 0 Å². The number of hydrogen-bond donors (Lipinski definition) is 1. The van der Waals surface area contributed by atoms with Gasteiger partial charge in [0.05, 0.1) is 5.69 Å². The van der Waals surface area contributed by atoms with Crippen LogP contribution >= 0.6 is 50.5 Å². The molecule has 2 rings (SSSR count). The average molecular weight is 366 g/mol. The van der Waals surface area contributed by atoms with Gasteiger partial charge in [0, 0.05) is 25.8 Å². The summed E-state index contributed by atoms with van der Waals surface area (Å²) < 4.78 is 0.876. The van der Waals surface area contributed by atoms with Gasteiger partial charge in [0.1, 0.15) is 0 Å². The van der Waals surface area contributed by atoms with E-state index in [0.717, 1.165) is 27.0 Å². The molecule has 1 heterocycles. The number of halogens is 3. The fourth-order valence-corrected chi connectivity index (χ4v) is 3.99. The molecule has 1 aromatic carbocycles. The van der Waals surface area contributed by atoms with Crippen molar-refractivity contribution in [2.75, 3.05) is 5.73 Å². The molecule has 0 bridgehead atoms. The van der Waals surface area contributed by atoms with Crippen molar-refractivity contribution in [1.29, 1.82) is 0 Å². The van der Waals surface area contributed by atoms with E-state index in [0.29, 0.717) is 21.6 Å². The molecule has 0 fully saturated rings. The molecule has 0 saturated carbocycles. The zero-order valence-corrected chi connectivity index (χ0v) is 13.5. The van der Waals surface area contributed by atoms with E-state index in [1.165, 1.54) is 11.3 Å². The van der Waals surface area contributed by atoms with Crippen molar-refractivity contribution in [1.82, 2.24) is 4.98 Å². The molecule has 0 unspecified atom stereocenters. The van der Waals surface area contributed by atoms with Crippen molar-refractivity contribution in [2.45, 2.75) is 19.8 Å². The highest BCUT2D eigenvalue weighted by molar-refractivity contribution is 9.10. The SMILES string of the molecule is CCc1nc(N)sc1Cc1c(Cl)cc(Br)cc1Cl. The molecule has 0 radical (unpaired) electrons. The Hall–Kier alpha value is -0.290. The highest BCUT2D eigenvalue weighted by atomic mass is 79.9. The maximum atomic E-state index is 6.23. The van der Waals surface area contributed by atoms with E-state index in [2.05, 4.69) is 27.8 Å². The molecule has 0 amide bonds. The lowest BCUT2D eigenvalue weighted by Crippen LogP contribution is -1.93. The maximum absolute atomic E-state index is 6.23. The van der Waals surface area contributed by atoms with Gasteiger partial charge in [-0.15, -0.1) is 11.3 Å². The Bertz CT molecular complexity index is 560. The highest BCUT2D eigenvalue weighted by Gasteiger charge is 2.13. The average Bonchev–Trinajstić information content (AvgIpc) is 2.64. The Kier molecular flexibility index (Phi) is 4.54. The smallest absolute Gasteiger partial charge is 0.180 e. The molecule has 0 atom stereocenters. The van der Waals surface area contributed by atoms with Gasteiger partial charge in [-0.25, -0.2) is 4.98 Å². The second-order valence-corrected chi connectivity index (χ2v) is 6.65. The lowest BCUT2D eigenvalue weighted by Gasteiger charge is -2.07. The van der Waals surface area contributed by atoms with Crippen LogP contribution in [0.5, 0.6) is 0 Å². The fraction of sp³-hybridized carbons (Fsp3) is 0.250. The third kappa shape index (κ3) is 2.99. The summed E-state index contributed by atoms with van der Waals surface area (Å²) in [4.78, 5) is 5.43. The summed E-state index contributed by atoms with van der Waals surface area (Å²) in [6.45, 7) is 2.06. The van der Waals surface area contributed by atoms with Crippen molar-refractivity contribution in [3.63, 3.8) is 0 Å². The second-order valence-electron chi connectivity index (χ2n) is 3.80. The summed E-state index contributed by atoms with van der Waals surface area (Å²) in [5, 5.41) is 1.90. The molecule has 6 heteroatoms. The van der Waals surface area contributed by atoms with Crippen molar-refractivity contribution >= 4 is 55.6 Å². The summed E-state index contributed by atoms with van der Waals surface area (Å²) in [7, 11) is 0. The van der Waals surface area contributed by atoms with E-state index in [4.69, 9.17) is 28.9 Å². The minimum Gasteiger partial charge on any atom is -0.375 e.